The van der Waals surface area contributed by atoms with Gasteiger partial charge in [-0.25, -0.2) is 0 Å². The Bertz CT molecular complexity index is 1130. The summed E-state index contributed by atoms with van der Waals surface area (Å²) >= 11 is 0. The molecule has 172 valence electrons. The topological polar surface area (TPSA) is 38.8 Å². The van der Waals surface area contributed by atoms with Gasteiger partial charge in [0.05, 0.1) is 26.7 Å². The lowest BCUT2D eigenvalue weighted by atomic mass is 9.95. The average molecular weight is 452 g/mol. The van der Waals surface area contributed by atoms with Crippen molar-refractivity contribution in [3.8, 4) is 11.5 Å². The van der Waals surface area contributed by atoms with Gasteiger partial charge in [0.15, 0.2) is 0 Å². The third-order valence-electron chi connectivity index (χ3n) is 5.89. The number of benzene rings is 4. The predicted molar refractivity (Wildman–Crippen MR) is 135 cm³/mol. The standard InChI is InChI=1S/C30H29NO3/c1-33-27-17-13-23(14-18-27)21-29(32)31(22-24-15-19-28(34-2)20-16-24)30(25-9-5-3-6-10-25)26-11-7-4-8-12-26/h3-20,30H,21-22H2,1-2H3. The van der Waals surface area contributed by atoms with Crippen molar-refractivity contribution in [1.82, 2.24) is 4.90 Å². The number of nitrogens with zero attached hydrogens (tertiary/aromatic N) is 1. The van der Waals surface area contributed by atoms with E-state index in [9.17, 15) is 4.79 Å². The molecule has 4 heteroatoms. The first-order valence-corrected chi connectivity index (χ1v) is 11.3. The van der Waals surface area contributed by atoms with E-state index in [0.717, 1.165) is 33.8 Å². The Morgan fingerprint density at radius 3 is 1.53 bits per heavy atom. The molecule has 4 rings (SSSR count). The Morgan fingerprint density at radius 1 is 0.647 bits per heavy atom. The first-order valence-electron chi connectivity index (χ1n) is 11.3. The monoisotopic (exact) mass is 451 g/mol. The van der Waals surface area contributed by atoms with Crippen molar-refractivity contribution in [2.45, 2.75) is 19.0 Å². The maximum Gasteiger partial charge on any atom is 0.228 e. The molecule has 0 aliphatic heterocycles. The maximum absolute atomic E-state index is 13.9. The van der Waals surface area contributed by atoms with E-state index in [1.165, 1.54) is 0 Å². The predicted octanol–water partition coefficient (Wildman–Crippen LogP) is 6.06. The third-order valence-corrected chi connectivity index (χ3v) is 5.89. The van der Waals surface area contributed by atoms with Crippen LogP contribution in [0.4, 0.5) is 0 Å². The summed E-state index contributed by atoms with van der Waals surface area (Å²) in [4.78, 5) is 15.8. The molecular weight excluding hydrogens is 422 g/mol. The number of hydrogen-bond acceptors (Lipinski definition) is 3. The van der Waals surface area contributed by atoms with Crippen LogP contribution in [-0.4, -0.2) is 25.0 Å². The Hall–Kier alpha value is -4.05. The van der Waals surface area contributed by atoms with Gasteiger partial charge in [0, 0.05) is 6.54 Å². The molecule has 4 aromatic rings. The summed E-state index contributed by atoms with van der Waals surface area (Å²) in [7, 11) is 3.29. The molecule has 0 aliphatic carbocycles. The quantitative estimate of drug-likeness (QED) is 0.310. The summed E-state index contributed by atoms with van der Waals surface area (Å²) in [6.07, 6.45) is 0.302. The van der Waals surface area contributed by atoms with Gasteiger partial charge in [-0.2, -0.15) is 0 Å². The van der Waals surface area contributed by atoms with E-state index >= 15 is 0 Å². The maximum atomic E-state index is 13.9. The van der Waals surface area contributed by atoms with Crippen molar-refractivity contribution in [2.75, 3.05) is 14.2 Å². The summed E-state index contributed by atoms with van der Waals surface area (Å²) in [6.45, 7) is 0.480. The van der Waals surface area contributed by atoms with Gasteiger partial charge < -0.3 is 14.4 Å². The van der Waals surface area contributed by atoms with Crippen molar-refractivity contribution in [3.05, 3.63) is 131 Å². The second kappa shape index (κ2) is 11.2. The van der Waals surface area contributed by atoms with E-state index in [1.54, 1.807) is 14.2 Å². The van der Waals surface area contributed by atoms with Crippen molar-refractivity contribution in [3.63, 3.8) is 0 Å². The molecule has 4 nitrogen and oxygen atoms in total. The molecule has 0 aliphatic rings. The van der Waals surface area contributed by atoms with E-state index < -0.39 is 0 Å². The Labute approximate surface area is 201 Å². The molecule has 0 saturated heterocycles. The molecule has 0 atom stereocenters. The molecule has 1 amide bonds. The molecule has 0 fully saturated rings. The minimum atomic E-state index is -0.213. The van der Waals surface area contributed by atoms with Gasteiger partial charge in [-0.15, -0.1) is 0 Å². The van der Waals surface area contributed by atoms with Crippen LogP contribution in [0, 0.1) is 0 Å². The van der Waals surface area contributed by atoms with Gasteiger partial charge in [-0.1, -0.05) is 84.9 Å². The van der Waals surface area contributed by atoms with Crippen molar-refractivity contribution in [1.29, 1.82) is 0 Å². The van der Waals surface area contributed by atoms with Gasteiger partial charge in [0.25, 0.3) is 0 Å². The SMILES string of the molecule is COc1ccc(CC(=O)N(Cc2ccc(OC)cc2)C(c2ccccc2)c2ccccc2)cc1. The van der Waals surface area contributed by atoms with Gasteiger partial charge >= 0.3 is 0 Å². The summed E-state index contributed by atoms with van der Waals surface area (Å²) < 4.78 is 10.6. The Balaban J connectivity index is 1.72. The van der Waals surface area contributed by atoms with Crippen molar-refractivity contribution in [2.24, 2.45) is 0 Å². The highest BCUT2D eigenvalue weighted by Crippen LogP contribution is 2.31. The largest absolute Gasteiger partial charge is 0.497 e. The van der Waals surface area contributed by atoms with Crippen LogP contribution in [0.2, 0.25) is 0 Å². The Kier molecular flexibility index (Phi) is 7.61. The summed E-state index contributed by atoms with van der Waals surface area (Å²) in [5, 5.41) is 0. The number of amides is 1. The van der Waals surface area contributed by atoms with Gasteiger partial charge in [-0.3, -0.25) is 4.79 Å². The van der Waals surface area contributed by atoms with E-state index in [2.05, 4.69) is 24.3 Å². The molecule has 4 aromatic carbocycles. The fourth-order valence-electron chi connectivity index (χ4n) is 4.09. The van der Waals surface area contributed by atoms with Gasteiger partial charge in [0.1, 0.15) is 11.5 Å². The first-order chi connectivity index (χ1) is 16.7. The normalized spacial score (nSPS) is 10.7. The molecule has 0 heterocycles. The zero-order valence-corrected chi connectivity index (χ0v) is 19.6. The van der Waals surface area contributed by atoms with Gasteiger partial charge in [-0.05, 0) is 46.5 Å². The molecule has 0 saturated carbocycles. The molecular formula is C30H29NO3. The van der Waals surface area contributed by atoms with Crippen LogP contribution in [0.5, 0.6) is 11.5 Å². The fourth-order valence-corrected chi connectivity index (χ4v) is 4.09. The number of rotatable bonds is 9. The molecule has 0 bridgehead atoms. The van der Waals surface area contributed by atoms with Crippen LogP contribution in [0.3, 0.4) is 0 Å². The lowest BCUT2D eigenvalue weighted by Gasteiger charge is -2.33. The number of hydrogen-bond donors (Lipinski definition) is 0. The first kappa shape index (κ1) is 23.1. The zero-order valence-electron chi connectivity index (χ0n) is 19.6. The van der Waals surface area contributed by atoms with Crippen molar-refractivity contribution < 1.29 is 14.3 Å². The molecule has 0 N–H and O–H groups in total. The van der Waals surface area contributed by atoms with Crippen LogP contribution >= 0.6 is 0 Å². The smallest absolute Gasteiger partial charge is 0.228 e. The molecule has 0 spiro atoms. The Morgan fingerprint density at radius 2 is 1.09 bits per heavy atom. The van der Waals surface area contributed by atoms with Crippen molar-refractivity contribution >= 4 is 5.91 Å². The zero-order chi connectivity index (χ0) is 23.8. The number of carbonyl (C=O) groups excluding carboxylic acids is 1. The minimum Gasteiger partial charge on any atom is -0.497 e. The molecule has 0 radical (unpaired) electrons. The van der Waals surface area contributed by atoms with Crippen LogP contribution in [0.1, 0.15) is 28.3 Å². The molecule has 0 unspecified atom stereocenters. The number of ether oxygens (including phenoxy) is 2. The second-order valence-corrected chi connectivity index (χ2v) is 8.12. The summed E-state index contributed by atoms with van der Waals surface area (Å²) in [5.74, 6) is 1.62. The summed E-state index contributed by atoms with van der Waals surface area (Å²) in [5.41, 5.74) is 4.14. The lowest BCUT2D eigenvalue weighted by molar-refractivity contribution is -0.132. The molecule has 34 heavy (non-hydrogen) atoms. The second-order valence-electron chi connectivity index (χ2n) is 8.12. The number of methoxy groups -OCH3 is 2. The van der Waals surface area contributed by atoms with E-state index in [0.29, 0.717) is 13.0 Å². The highest BCUT2D eigenvalue weighted by Gasteiger charge is 2.27. The van der Waals surface area contributed by atoms with Crippen LogP contribution in [-0.2, 0) is 17.8 Å². The van der Waals surface area contributed by atoms with Crippen LogP contribution < -0.4 is 9.47 Å². The lowest BCUT2D eigenvalue weighted by Crippen LogP contribution is -2.36. The van der Waals surface area contributed by atoms with E-state index in [1.807, 2.05) is 89.8 Å². The third kappa shape index (κ3) is 5.65. The average Bonchev–Trinajstić information content (AvgIpc) is 2.90. The highest BCUT2D eigenvalue weighted by molar-refractivity contribution is 5.80. The van der Waals surface area contributed by atoms with Gasteiger partial charge in [0.2, 0.25) is 5.91 Å². The fraction of sp³-hybridized carbons (Fsp3) is 0.167. The summed E-state index contributed by atoms with van der Waals surface area (Å²) in [6, 6.07) is 35.8. The van der Waals surface area contributed by atoms with E-state index in [-0.39, 0.29) is 11.9 Å². The minimum absolute atomic E-state index is 0.0543. The van der Waals surface area contributed by atoms with E-state index in [4.69, 9.17) is 9.47 Å². The molecule has 0 aromatic heterocycles. The van der Waals surface area contributed by atoms with Crippen LogP contribution in [0.15, 0.2) is 109 Å². The highest BCUT2D eigenvalue weighted by atomic mass is 16.5. The number of carbonyl (C=O) groups is 1. The van der Waals surface area contributed by atoms with Crippen LogP contribution in [0.25, 0.3) is 0 Å².